The van der Waals surface area contributed by atoms with E-state index >= 15 is 0 Å². The zero-order valence-electron chi connectivity index (χ0n) is 15.7. The van der Waals surface area contributed by atoms with Crippen LogP contribution in [0.15, 0.2) is 76.4 Å². The van der Waals surface area contributed by atoms with Crippen molar-refractivity contribution in [3.05, 3.63) is 82.6 Å². The van der Waals surface area contributed by atoms with Crippen LogP contribution in [0.4, 0.5) is 5.13 Å². The van der Waals surface area contributed by atoms with E-state index in [0.29, 0.717) is 17.4 Å². The number of hydrogen-bond donors (Lipinski definition) is 0. The van der Waals surface area contributed by atoms with Gasteiger partial charge in [-0.15, -0.1) is 11.8 Å². The van der Waals surface area contributed by atoms with Gasteiger partial charge < -0.3 is 0 Å². The fraction of sp³-hybridized carbons (Fsp3) is 0.136. The topological polar surface area (TPSA) is 46.1 Å². The molecule has 2 aromatic carbocycles. The first-order valence-corrected chi connectivity index (χ1v) is 11.6. The minimum absolute atomic E-state index is 0.0255. The molecule has 2 aromatic heterocycles. The van der Waals surface area contributed by atoms with Crippen molar-refractivity contribution < 1.29 is 4.79 Å². The summed E-state index contributed by atoms with van der Waals surface area (Å²) in [5, 5.41) is 0.705. The van der Waals surface area contributed by atoms with Crippen LogP contribution >= 0.6 is 39.0 Å². The number of carbonyl (C=O) groups is 1. The van der Waals surface area contributed by atoms with E-state index in [9.17, 15) is 4.79 Å². The van der Waals surface area contributed by atoms with E-state index in [4.69, 9.17) is 4.98 Å². The number of pyridine rings is 1. The number of anilines is 1. The number of aromatic nitrogens is 2. The second kappa shape index (κ2) is 9.07. The second-order valence-corrected chi connectivity index (χ2v) is 9.52. The van der Waals surface area contributed by atoms with Crippen molar-refractivity contribution in [2.75, 3.05) is 10.7 Å². The highest BCUT2D eigenvalue weighted by Gasteiger charge is 2.20. The molecule has 4 rings (SSSR count). The van der Waals surface area contributed by atoms with Crippen molar-refractivity contribution in [3.63, 3.8) is 0 Å². The first kappa shape index (κ1) is 20.1. The first-order valence-electron chi connectivity index (χ1n) is 9.03. The minimum atomic E-state index is 0.0255. The van der Waals surface area contributed by atoms with Gasteiger partial charge in [0.25, 0.3) is 0 Å². The van der Waals surface area contributed by atoms with Gasteiger partial charge in [0.2, 0.25) is 5.91 Å². The Balaban J connectivity index is 1.59. The van der Waals surface area contributed by atoms with Gasteiger partial charge in [-0.3, -0.25) is 14.7 Å². The average Bonchev–Trinajstić information content (AvgIpc) is 3.15. The van der Waals surface area contributed by atoms with Gasteiger partial charge in [-0.05, 0) is 48.9 Å². The maximum atomic E-state index is 13.2. The first-order chi connectivity index (χ1) is 14.1. The van der Waals surface area contributed by atoms with Gasteiger partial charge in [0.15, 0.2) is 5.13 Å². The van der Waals surface area contributed by atoms with Gasteiger partial charge >= 0.3 is 0 Å². The summed E-state index contributed by atoms with van der Waals surface area (Å²) >= 11 is 6.57. The Morgan fingerprint density at radius 3 is 2.76 bits per heavy atom. The Labute approximate surface area is 186 Å². The van der Waals surface area contributed by atoms with Crippen LogP contribution in [-0.2, 0) is 11.3 Å². The van der Waals surface area contributed by atoms with Crippen molar-refractivity contribution in [2.24, 2.45) is 0 Å². The molecular weight excluding hydrogens is 466 g/mol. The lowest BCUT2D eigenvalue weighted by atomic mass is 10.2. The monoisotopic (exact) mass is 483 g/mol. The Morgan fingerprint density at radius 1 is 1.17 bits per heavy atom. The van der Waals surface area contributed by atoms with Crippen LogP contribution in [0, 0.1) is 6.92 Å². The smallest absolute Gasteiger partial charge is 0.239 e. The van der Waals surface area contributed by atoms with E-state index in [1.807, 2.05) is 42.5 Å². The molecular formula is C22H18BrN3OS2. The number of benzene rings is 2. The van der Waals surface area contributed by atoms with E-state index in [0.717, 1.165) is 25.1 Å². The standard InChI is InChI=1S/C22H18BrN3OS2/c1-15-4-7-18(8-5-15)28-14-21(27)26(13-16-3-2-10-24-12-16)22-25-19-9-6-17(23)11-20(19)29-22/h2-12H,13-14H2,1H3. The number of nitrogens with zero attached hydrogens (tertiary/aromatic N) is 3. The molecule has 2 heterocycles. The van der Waals surface area contributed by atoms with E-state index in [2.05, 4.69) is 40.0 Å². The van der Waals surface area contributed by atoms with Crippen molar-refractivity contribution in [1.29, 1.82) is 0 Å². The summed E-state index contributed by atoms with van der Waals surface area (Å²) in [5.74, 6) is 0.376. The molecule has 0 spiro atoms. The molecule has 0 radical (unpaired) electrons. The molecule has 0 saturated heterocycles. The lowest BCUT2D eigenvalue weighted by Crippen LogP contribution is -2.31. The number of amides is 1. The molecule has 7 heteroatoms. The molecule has 4 aromatic rings. The quantitative estimate of drug-likeness (QED) is 0.311. The van der Waals surface area contributed by atoms with Crippen molar-refractivity contribution >= 4 is 60.3 Å². The molecule has 0 fully saturated rings. The maximum Gasteiger partial charge on any atom is 0.239 e. The Hall–Kier alpha value is -2.22. The largest absolute Gasteiger partial charge is 0.283 e. The van der Waals surface area contributed by atoms with Gasteiger partial charge in [0.1, 0.15) is 0 Å². The molecule has 4 nitrogen and oxygen atoms in total. The van der Waals surface area contributed by atoms with Crippen LogP contribution in [0.3, 0.4) is 0 Å². The molecule has 0 bridgehead atoms. The SMILES string of the molecule is Cc1ccc(SCC(=O)N(Cc2cccnc2)c2nc3ccc(Br)cc3s2)cc1. The fourth-order valence-electron chi connectivity index (χ4n) is 2.80. The summed E-state index contributed by atoms with van der Waals surface area (Å²) in [6.45, 7) is 2.50. The van der Waals surface area contributed by atoms with Gasteiger partial charge in [0.05, 0.1) is 22.5 Å². The van der Waals surface area contributed by atoms with Crippen LogP contribution < -0.4 is 4.90 Å². The predicted molar refractivity (Wildman–Crippen MR) is 125 cm³/mol. The molecule has 0 saturated carbocycles. The Morgan fingerprint density at radius 2 is 2.00 bits per heavy atom. The summed E-state index contributed by atoms with van der Waals surface area (Å²) in [7, 11) is 0. The number of hydrogen-bond acceptors (Lipinski definition) is 5. The van der Waals surface area contributed by atoms with Gasteiger partial charge in [0, 0.05) is 21.8 Å². The number of aryl methyl sites for hydroxylation is 1. The predicted octanol–water partition coefficient (Wildman–Crippen LogP) is 6.09. The molecule has 0 aliphatic carbocycles. The number of rotatable bonds is 6. The van der Waals surface area contributed by atoms with Crippen molar-refractivity contribution in [2.45, 2.75) is 18.4 Å². The lowest BCUT2D eigenvalue weighted by molar-refractivity contribution is -0.116. The van der Waals surface area contributed by atoms with Crippen LogP contribution in [0.2, 0.25) is 0 Å². The zero-order valence-corrected chi connectivity index (χ0v) is 18.9. The van der Waals surface area contributed by atoms with E-state index in [1.54, 1.807) is 29.1 Å². The lowest BCUT2D eigenvalue weighted by Gasteiger charge is -2.19. The average molecular weight is 484 g/mol. The fourth-order valence-corrected chi connectivity index (χ4v) is 5.10. The van der Waals surface area contributed by atoms with Gasteiger partial charge in [-0.1, -0.05) is 51.0 Å². The van der Waals surface area contributed by atoms with Gasteiger partial charge in [-0.2, -0.15) is 0 Å². The van der Waals surface area contributed by atoms with Crippen LogP contribution in [0.25, 0.3) is 10.2 Å². The Bertz CT molecular complexity index is 1130. The van der Waals surface area contributed by atoms with Crippen LogP contribution in [-0.4, -0.2) is 21.6 Å². The van der Waals surface area contributed by atoms with Gasteiger partial charge in [-0.25, -0.2) is 4.98 Å². The third-order valence-corrected chi connectivity index (χ3v) is 6.85. The second-order valence-electron chi connectivity index (χ2n) is 6.55. The number of thiazole rings is 1. The third-order valence-electron chi connectivity index (χ3n) is 4.32. The zero-order chi connectivity index (χ0) is 20.2. The summed E-state index contributed by atoms with van der Waals surface area (Å²) in [4.78, 5) is 24.9. The highest BCUT2D eigenvalue weighted by atomic mass is 79.9. The summed E-state index contributed by atoms with van der Waals surface area (Å²) < 4.78 is 2.05. The summed E-state index contributed by atoms with van der Waals surface area (Å²) in [6.07, 6.45) is 3.52. The van der Waals surface area contributed by atoms with Crippen molar-refractivity contribution in [1.82, 2.24) is 9.97 Å². The van der Waals surface area contributed by atoms with E-state index in [1.165, 1.54) is 16.9 Å². The van der Waals surface area contributed by atoms with Crippen LogP contribution in [0.1, 0.15) is 11.1 Å². The number of halogens is 1. The number of carbonyl (C=O) groups excluding carboxylic acids is 1. The maximum absolute atomic E-state index is 13.2. The highest BCUT2D eigenvalue weighted by Crippen LogP contribution is 2.32. The minimum Gasteiger partial charge on any atom is -0.283 e. The van der Waals surface area contributed by atoms with Crippen LogP contribution in [0.5, 0.6) is 0 Å². The summed E-state index contributed by atoms with van der Waals surface area (Å²) in [5.41, 5.74) is 3.07. The van der Waals surface area contributed by atoms with E-state index in [-0.39, 0.29) is 5.91 Å². The molecule has 0 aliphatic heterocycles. The number of fused-ring (bicyclic) bond motifs is 1. The summed E-state index contributed by atoms with van der Waals surface area (Å²) in [6, 6.07) is 18.0. The third kappa shape index (κ3) is 5.04. The molecule has 0 N–H and O–H groups in total. The Kier molecular flexibility index (Phi) is 6.28. The highest BCUT2D eigenvalue weighted by molar-refractivity contribution is 9.10. The van der Waals surface area contributed by atoms with E-state index < -0.39 is 0 Å². The normalized spacial score (nSPS) is 11.0. The molecule has 146 valence electrons. The molecule has 1 amide bonds. The number of thioether (sulfide) groups is 1. The molecule has 0 aliphatic rings. The molecule has 0 atom stereocenters. The van der Waals surface area contributed by atoms with Crippen molar-refractivity contribution in [3.8, 4) is 0 Å². The molecule has 29 heavy (non-hydrogen) atoms. The molecule has 0 unspecified atom stereocenters.